The molecule has 3 rings (SSSR count). The van der Waals surface area contributed by atoms with Crippen molar-refractivity contribution in [2.45, 2.75) is 57.7 Å². The van der Waals surface area contributed by atoms with Gasteiger partial charge in [0.05, 0.1) is 12.1 Å². The van der Waals surface area contributed by atoms with E-state index in [1.165, 1.54) is 6.07 Å². The van der Waals surface area contributed by atoms with Crippen molar-refractivity contribution in [3.63, 3.8) is 0 Å². The fourth-order valence-corrected chi connectivity index (χ4v) is 3.65. The summed E-state index contributed by atoms with van der Waals surface area (Å²) in [4.78, 5) is 25.1. The van der Waals surface area contributed by atoms with Gasteiger partial charge in [-0.3, -0.25) is 14.3 Å². The van der Waals surface area contributed by atoms with E-state index in [0.29, 0.717) is 18.5 Å². The van der Waals surface area contributed by atoms with Crippen LogP contribution in [-0.2, 0) is 0 Å². The third-order valence-corrected chi connectivity index (χ3v) is 5.35. The maximum Gasteiger partial charge on any atom is 0.271 e. The Bertz CT molecular complexity index is 853. The van der Waals surface area contributed by atoms with Gasteiger partial charge in [-0.1, -0.05) is 29.8 Å². The van der Waals surface area contributed by atoms with Crippen LogP contribution in [0.4, 0.5) is 0 Å². The summed E-state index contributed by atoms with van der Waals surface area (Å²) in [5.41, 5.74) is 2.71. The molecule has 150 valence electrons. The molecule has 1 aromatic carbocycles. The van der Waals surface area contributed by atoms with E-state index in [0.717, 1.165) is 24.0 Å². The number of hydrogen-bond donors (Lipinski definition) is 3. The molecule has 28 heavy (non-hydrogen) atoms. The van der Waals surface area contributed by atoms with E-state index < -0.39 is 0 Å². The molecule has 3 N–H and O–H groups in total. The predicted octanol–water partition coefficient (Wildman–Crippen LogP) is 2.19. The first-order valence-electron chi connectivity index (χ1n) is 9.76. The third kappa shape index (κ3) is 4.42. The zero-order valence-corrected chi connectivity index (χ0v) is 16.6. The van der Waals surface area contributed by atoms with Crippen LogP contribution in [0.5, 0.6) is 0 Å². The van der Waals surface area contributed by atoms with Crippen molar-refractivity contribution in [2.24, 2.45) is 0 Å². The van der Waals surface area contributed by atoms with Crippen molar-refractivity contribution in [2.75, 3.05) is 7.05 Å². The minimum Gasteiger partial charge on any atom is -0.393 e. The number of nitrogens with zero attached hydrogens (tertiary/aromatic N) is 2. The van der Waals surface area contributed by atoms with Crippen LogP contribution in [0.1, 0.15) is 70.8 Å². The fraction of sp³-hybridized carbons (Fsp3) is 0.476. The number of benzene rings is 1. The summed E-state index contributed by atoms with van der Waals surface area (Å²) in [5.74, 6) is -0.575. The number of nitrogens with one attached hydrogen (secondary N) is 2. The standard InChI is InChI=1S/C21H28N4O3/c1-13-5-4-6-15(11-13)14(2)25-19(12-18(24-25)20(27)22-3)21(28)23-16-7-9-17(26)10-8-16/h4-6,11-12,14,16-17,26H,7-10H2,1-3H3,(H,22,27)(H,23,28)/t14-,16?,17?/m0/s1. The lowest BCUT2D eigenvalue weighted by molar-refractivity contribution is 0.0856. The first-order chi connectivity index (χ1) is 13.4. The first kappa shape index (κ1) is 20.1. The molecule has 2 amide bonds. The number of amides is 2. The summed E-state index contributed by atoms with van der Waals surface area (Å²) >= 11 is 0. The summed E-state index contributed by atoms with van der Waals surface area (Å²) in [6.07, 6.45) is 2.59. The minimum absolute atomic E-state index is 0.0250. The number of aromatic nitrogens is 2. The number of aryl methyl sites for hydroxylation is 1. The monoisotopic (exact) mass is 384 g/mol. The SMILES string of the molecule is CNC(=O)c1cc(C(=O)NC2CCC(O)CC2)n([C@@H](C)c2cccc(C)c2)n1. The lowest BCUT2D eigenvalue weighted by Crippen LogP contribution is -2.39. The second-order valence-electron chi connectivity index (χ2n) is 7.51. The Kier molecular flexibility index (Phi) is 6.14. The highest BCUT2D eigenvalue weighted by molar-refractivity contribution is 5.98. The molecule has 7 heteroatoms. The number of aliphatic hydroxyl groups is 1. The topological polar surface area (TPSA) is 96.3 Å². The van der Waals surface area contributed by atoms with Crippen LogP contribution < -0.4 is 10.6 Å². The number of carbonyl (C=O) groups excluding carboxylic acids is 2. The van der Waals surface area contributed by atoms with Gasteiger partial charge in [-0.15, -0.1) is 0 Å². The first-order valence-corrected chi connectivity index (χ1v) is 9.76. The van der Waals surface area contributed by atoms with Crippen molar-refractivity contribution < 1.29 is 14.7 Å². The van der Waals surface area contributed by atoms with Gasteiger partial charge in [0.1, 0.15) is 5.69 Å². The summed E-state index contributed by atoms with van der Waals surface area (Å²) in [6, 6.07) is 9.39. The fourth-order valence-electron chi connectivity index (χ4n) is 3.65. The van der Waals surface area contributed by atoms with Crippen LogP contribution in [-0.4, -0.2) is 45.9 Å². The van der Waals surface area contributed by atoms with Gasteiger partial charge in [0.15, 0.2) is 5.69 Å². The molecule has 0 aliphatic heterocycles. The molecule has 1 atom stereocenters. The smallest absolute Gasteiger partial charge is 0.271 e. The van der Waals surface area contributed by atoms with Crippen LogP contribution >= 0.6 is 0 Å². The number of hydrogen-bond acceptors (Lipinski definition) is 4. The van der Waals surface area contributed by atoms with Gasteiger partial charge >= 0.3 is 0 Å². The summed E-state index contributed by atoms with van der Waals surface area (Å²) in [7, 11) is 1.54. The molecule has 2 aromatic rings. The maximum absolute atomic E-state index is 13.0. The quantitative estimate of drug-likeness (QED) is 0.736. The molecule has 0 unspecified atom stereocenters. The van der Waals surface area contributed by atoms with Crippen LogP contribution in [0.15, 0.2) is 30.3 Å². The molecule has 1 heterocycles. The van der Waals surface area contributed by atoms with Gasteiger partial charge in [0.2, 0.25) is 0 Å². The molecule has 1 saturated carbocycles. The Balaban J connectivity index is 1.89. The van der Waals surface area contributed by atoms with E-state index in [9.17, 15) is 14.7 Å². The number of rotatable bonds is 5. The largest absolute Gasteiger partial charge is 0.393 e. The molecule has 1 aromatic heterocycles. The predicted molar refractivity (Wildman–Crippen MR) is 106 cm³/mol. The van der Waals surface area contributed by atoms with Gasteiger partial charge in [0, 0.05) is 19.2 Å². The van der Waals surface area contributed by atoms with Crippen LogP contribution in [0, 0.1) is 6.92 Å². The molecular weight excluding hydrogens is 356 g/mol. The second-order valence-corrected chi connectivity index (χ2v) is 7.51. The average Bonchev–Trinajstić information content (AvgIpc) is 3.14. The highest BCUT2D eigenvalue weighted by atomic mass is 16.3. The van der Waals surface area contributed by atoms with E-state index in [1.807, 2.05) is 32.0 Å². The van der Waals surface area contributed by atoms with E-state index in [4.69, 9.17) is 0 Å². The van der Waals surface area contributed by atoms with Crippen molar-refractivity contribution in [3.8, 4) is 0 Å². The zero-order valence-electron chi connectivity index (χ0n) is 16.6. The average molecular weight is 384 g/mol. The van der Waals surface area contributed by atoms with E-state index in [1.54, 1.807) is 11.7 Å². The lowest BCUT2D eigenvalue weighted by Gasteiger charge is -2.26. The Morgan fingerprint density at radius 2 is 1.89 bits per heavy atom. The Morgan fingerprint density at radius 3 is 2.54 bits per heavy atom. The summed E-state index contributed by atoms with van der Waals surface area (Å²) < 4.78 is 1.62. The molecular formula is C21H28N4O3. The molecule has 1 aliphatic carbocycles. The van der Waals surface area contributed by atoms with Gasteiger partial charge in [-0.05, 0) is 45.1 Å². The Hall–Kier alpha value is -2.67. The van der Waals surface area contributed by atoms with Crippen LogP contribution in [0.25, 0.3) is 0 Å². The Labute approximate surface area is 165 Å². The van der Waals surface area contributed by atoms with Crippen molar-refractivity contribution in [1.29, 1.82) is 0 Å². The molecule has 1 fully saturated rings. The summed E-state index contributed by atoms with van der Waals surface area (Å²) in [6.45, 7) is 3.98. The van der Waals surface area contributed by atoms with Gasteiger partial charge < -0.3 is 15.7 Å². The van der Waals surface area contributed by atoms with E-state index in [2.05, 4.69) is 21.8 Å². The van der Waals surface area contributed by atoms with Crippen LogP contribution in [0.3, 0.4) is 0 Å². The minimum atomic E-state index is -0.329. The van der Waals surface area contributed by atoms with E-state index >= 15 is 0 Å². The van der Waals surface area contributed by atoms with Crippen molar-refractivity contribution >= 4 is 11.8 Å². The van der Waals surface area contributed by atoms with Crippen LogP contribution in [0.2, 0.25) is 0 Å². The summed E-state index contributed by atoms with van der Waals surface area (Å²) in [5, 5.41) is 19.7. The van der Waals surface area contributed by atoms with E-state index in [-0.39, 0.29) is 35.7 Å². The third-order valence-electron chi connectivity index (χ3n) is 5.35. The maximum atomic E-state index is 13.0. The normalized spacial score (nSPS) is 20.4. The molecule has 0 bridgehead atoms. The number of carbonyl (C=O) groups is 2. The molecule has 1 aliphatic rings. The highest BCUT2D eigenvalue weighted by Gasteiger charge is 2.26. The zero-order chi connectivity index (χ0) is 20.3. The lowest BCUT2D eigenvalue weighted by atomic mass is 9.93. The second kappa shape index (κ2) is 8.56. The number of aliphatic hydroxyl groups excluding tert-OH is 1. The molecule has 0 radical (unpaired) electrons. The molecule has 0 saturated heterocycles. The van der Waals surface area contributed by atoms with Crippen molar-refractivity contribution in [1.82, 2.24) is 20.4 Å². The van der Waals surface area contributed by atoms with Gasteiger partial charge in [-0.2, -0.15) is 5.10 Å². The van der Waals surface area contributed by atoms with Gasteiger partial charge in [-0.25, -0.2) is 0 Å². The molecule has 7 nitrogen and oxygen atoms in total. The molecule has 0 spiro atoms. The van der Waals surface area contributed by atoms with Gasteiger partial charge in [0.25, 0.3) is 11.8 Å². The highest BCUT2D eigenvalue weighted by Crippen LogP contribution is 2.23. The van der Waals surface area contributed by atoms with Crippen molar-refractivity contribution in [3.05, 3.63) is 52.8 Å². The Morgan fingerprint density at radius 1 is 1.18 bits per heavy atom.